The van der Waals surface area contributed by atoms with Crippen LogP contribution >= 0.6 is 0 Å². The summed E-state index contributed by atoms with van der Waals surface area (Å²) in [5.74, 6) is -1.07. The van der Waals surface area contributed by atoms with E-state index in [4.69, 9.17) is 0 Å². The van der Waals surface area contributed by atoms with Crippen LogP contribution in [0.5, 0.6) is 5.75 Å². The lowest BCUT2D eigenvalue weighted by molar-refractivity contribution is -0.0528. The molecule has 0 radical (unpaired) electrons. The van der Waals surface area contributed by atoms with E-state index < -0.39 is 12.4 Å². The van der Waals surface area contributed by atoms with E-state index in [1.807, 2.05) is 6.92 Å². The van der Waals surface area contributed by atoms with Crippen LogP contribution in [0.1, 0.15) is 18.9 Å². The Balaban J connectivity index is 2.96. The number of alkyl halides is 2. The zero-order valence-electron chi connectivity index (χ0n) is 7.77. The van der Waals surface area contributed by atoms with Crippen molar-refractivity contribution in [2.24, 2.45) is 0 Å². The third-order valence-electron chi connectivity index (χ3n) is 1.77. The molecule has 1 nitrogen and oxygen atoms in total. The standard InChI is InChI=1S/C10H11F3O/c1-2-4-7-5-3-6-8(11)9(7)14-10(12)13/h3,5-6,10H,2,4H2,1H3. The van der Waals surface area contributed by atoms with Crippen LogP contribution in [-0.4, -0.2) is 6.61 Å². The second-order valence-corrected chi connectivity index (χ2v) is 2.86. The fraction of sp³-hybridized carbons (Fsp3) is 0.400. The van der Waals surface area contributed by atoms with Crippen molar-refractivity contribution >= 4 is 0 Å². The number of ether oxygens (including phenoxy) is 1. The smallest absolute Gasteiger partial charge is 0.387 e. The predicted octanol–water partition coefficient (Wildman–Crippen LogP) is 3.38. The largest absolute Gasteiger partial charge is 0.431 e. The van der Waals surface area contributed by atoms with Crippen LogP contribution in [0.4, 0.5) is 13.2 Å². The highest BCUT2D eigenvalue weighted by Crippen LogP contribution is 2.25. The molecule has 0 unspecified atom stereocenters. The Morgan fingerprint density at radius 3 is 2.64 bits per heavy atom. The third-order valence-corrected chi connectivity index (χ3v) is 1.77. The molecule has 0 spiro atoms. The molecule has 0 bridgehead atoms. The summed E-state index contributed by atoms with van der Waals surface area (Å²) in [6.07, 6.45) is 1.28. The average molecular weight is 204 g/mol. The molecule has 0 N–H and O–H groups in total. The van der Waals surface area contributed by atoms with Crippen LogP contribution in [0.15, 0.2) is 18.2 Å². The molecule has 0 saturated heterocycles. The first-order chi connectivity index (χ1) is 6.65. The maximum atomic E-state index is 13.1. The highest BCUT2D eigenvalue weighted by molar-refractivity contribution is 5.35. The van der Waals surface area contributed by atoms with Gasteiger partial charge >= 0.3 is 6.61 Å². The normalized spacial score (nSPS) is 10.6. The maximum Gasteiger partial charge on any atom is 0.387 e. The summed E-state index contributed by atoms with van der Waals surface area (Å²) in [6, 6.07) is 4.18. The zero-order valence-corrected chi connectivity index (χ0v) is 7.77. The first kappa shape index (κ1) is 10.9. The number of aryl methyl sites for hydroxylation is 1. The Bertz CT molecular complexity index is 299. The second-order valence-electron chi connectivity index (χ2n) is 2.86. The maximum absolute atomic E-state index is 13.1. The quantitative estimate of drug-likeness (QED) is 0.730. The van der Waals surface area contributed by atoms with E-state index in [1.165, 1.54) is 6.07 Å². The summed E-state index contributed by atoms with van der Waals surface area (Å²) in [7, 11) is 0. The molecule has 0 saturated carbocycles. The summed E-state index contributed by atoms with van der Waals surface area (Å²) < 4.78 is 41.1. The Kier molecular flexibility index (Phi) is 3.80. The van der Waals surface area contributed by atoms with Gasteiger partial charge in [-0.2, -0.15) is 8.78 Å². The van der Waals surface area contributed by atoms with E-state index in [1.54, 1.807) is 6.07 Å². The second kappa shape index (κ2) is 4.88. The molecule has 0 heterocycles. The van der Waals surface area contributed by atoms with E-state index in [2.05, 4.69) is 4.74 Å². The number of benzene rings is 1. The Morgan fingerprint density at radius 2 is 2.07 bits per heavy atom. The highest BCUT2D eigenvalue weighted by atomic mass is 19.3. The summed E-state index contributed by atoms with van der Waals surface area (Å²) in [5, 5.41) is 0. The molecule has 4 heteroatoms. The van der Waals surface area contributed by atoms with Crippen LogP contribution in [0.2, 0.25) is 0 Å². The first-order valence-electron chi connectivity index (χ1n) is 4.37. The predicted molar refractivity (Wildman–Crippen MR) is 47.0 cm³/mol. The lowest BCUT2D eigenvalue weighted by atomic mass is 10.1. The lowest BCUT2D eigenvalue weighted by Crippen LogP contribution is -2.06. The van der Waals surface area contributed by atoms with Crippen LogP contribution < -0.4 is 4.74 Å². The summed E-state index contributed by atoms with van der Waals surface area (Å²) >= 11 is 0. The molecule has 78 valence electrons. The van der Waals surface area contributed by atoms with Gasteiger partial charge < -0.3 is 4.74 Å². The van der Waals surface area contributed by atoms with Gasteiger partial charge in [-0.1, -0.05) is 25.5 Å². The molecule has 0 aliphatic carbocycles. The Hall–Kier alpha value is -1.19. The summed E-state index contributed by atoms with van der Waals surface area (Å²) in [4.78, 5) is 0. The van der Waals surface area contributed by atoms with Gasteiger partial charge in [-0.3, -0.25) is 0 Å². The fourth-order valence-corrected chi connectivity index (χ4v) is 1.24. The molecular weight excluding hydrogens is 193 g/mol. The van der Waals surface area contributed by atoms with Gasteiger partial charge in [-0.05, 0) is 18.1 Å². The van der Waals surface area contributed by atoms with Gasteiger partial charge in [0.25, 0.3) is 0 Å². The van der Waals surface area contributed by atoms with Crippen molar-refractivity contribution in [2.45, 2.75) is 26.4 Å². The van der Waals surface area contributed by atoms with E-state index in [-0.39, 0.29) is 5.75 Å². The number of para-hydroxylation sites is 1. The number of rotatable bonds is 4. The van der Waals surface area contributed by atoms with Crippen molar-refractivity contribution in [3.05, 3.63) is 29.6 Å². The van der Waals surface area contributed by atoms with E-state index in [9.17, 15) is 13.2 Å². The molecule has 0 aromatic heterocycles. The molecular formula is C10H11F3O. The van der Waals surface area contributed by atoms with Crippen LogP contribution in [0.3, 0.4) is 0 Å². The average Bonchev–Trinajstić information content (AvgIpc) is 2.11. The zero-order chi connectivity index (χ0) is 10.6. The third kappa shape index (κ3) is 2.65. The number of hydrogen-bond acceptors (Lipinski definition) is 1. The molecule has 0 amide bonds. The minimum Gasteiger partial charge on any atom is -0.431 e. The molecule has 1 aromatic rings. The Labute approximate surface area is 80.5 Å². The molecule has 1 rings (SSSR count). The van der Waals surface area contributed by atoms with Gasteiger partial charge in [-0.15, -0.1) is 0 Å². The molecule has 0 fully saturated rings. The van der Waals surface area contributed by atoms with Crippen LogP contribution in [0, 0.1) is 5.82 Å². The topological polar surface area (TPSA) is 9.23 Å². The highest BCUT2D eigenvalue weighted by Gasteiger charge is 2.13. The van der Waals surface area contributed by atoms with Gasteiger partial charge in [0.1, 0.15) is 0 Å². The van der Waals surface area contributed by atoms with Crippen molar-refractivity contribution in [2.75, 3.05) is 0 Å². The summed E-state index contributed by atoms with van der Waals surface area (Å²) in [5.41, 5.74) is 0.479. The minimum atomic E-state index is -2.98. The van der Waals surface area contributed by atoms with Gasteiger partial charge in [0, 0.05) is 0 Å². The van der Waals surface area contributed by atoms with E-state index >= 15 is 0 Å². The number of hydrogen-bond donors (Lipinski definition) is 0. The Morgan fingerprint density at radius 1 is 1.36 bits per heavy atom. The monoisotopic (exact) mass is 204 g/mol. The molecule has 14 heavy (non-hydrogen) atoms. The first-order valence-corrected chi connectivity index (χ1v) is 4.37. The summed E-state index contributed by atoms with van der Waals surface area (Å²) in [6.45, 7) is -1.10. The van der Waals surface area contributed by atoms with E-state index in [0.717, 1.165) is 12.5 Å². The minimum absolute atomic E-state index is 0.329. The van der Waals surface area contributed by atoms with Gasteiger partial charge in [0.15, 0.2) is 11.6 Å². The van der Waals surface area contributed by atoms with Crippen LogP contribution in [0.25, 0.3) is 0 Å². The van der Waals surface area contributed by atoms with Gasteiger partial charge in [-0.25, -0.2) is 4.39 Å². The van der Waals surface area contributed by atoms with Crippen molar-refractivity contribution < 1.29 is 17.9 Å². The molecule has 0 aliphatic rings. The fourth-order valence-electron chi connectivity index (χ4n) is 1.24. The molecule has 0 atom stereocenters. The van der Waals surface area contributed by atoms with Crippen molar-refractivity contribution in [1.29, 1.82) is 0 Å². The van der Waals surface area contributed by atoms with Crippen molar-refractivity contribution in [3.63, 3.8) is 0 Å². The van der Waals surface area contributed by atoms with Gasteiger partial charge in [0.2, 0.25) is 0 Å². The molecule has 0 aliphatic heterocycles. The van der Waals surface area contributed by atoms with Crippen molar-refractivity contribution in [1.82, 2.24) is 0 Å². The SMILES string of the molecule is CCCc1cccc(F)c1OC(F)F. The van der Waals surface area contributed by atoms with E-state index in [0.29, 0.717) is 12.0 Å². The van der Waals surface area contributed by atoms with Crippen LogP contribution in [-0.2, 0) is 6.42 Å². The molecule has 1 aromatic carbocycles. The number of halogens is 3. The lowest BCUT2D eigenvalue weighted by Gasteiger charge is -2.10. The van der Waals surface area contributed by atoms with Gasteiger partial charge in [0.05, 0.1) is 0 Å². The van der Waals surface area contributed by atoms with Crippen molar-refractivity contribution in [3.8, 4) is 5.75 Å².